The van der Waals surface area contributed by atoms with Gasteiger partial charge in [0.15, 0.2) is 0 Å². The van der Waals surface area contributed by atoms with Crippen molar-refractivity contribution in [3.8, 4) is 0 Å². The second-order valence-electron chi connectivity index (χ2n) is 2.83. The van der Waals surface area contributed by atoms with Crippen LogP contribution in [0.3, 0.4) is 0 Å². The average Bonchev–Trinajstić information content (AvgIpc) is 2.09. The van der Waals surface area contributed by atoms with Crippen molar-refractivity contribution in [2.45, 2.75) is 6.92 Å². The normalized spacial score (nSPS) is 11.3. The van der Waals surface area contributed by atoms with E-state index in [1.54, 1.807) is 25.1 Å². The Morgan fingerprint density at radius 2 is 2.13 bits per heavy atom. The largest absolute Gasteiger partial charge is 0.397 e. The Balaban J connectivity index is 2.90. The molecule has 0 aliphatic carbocycles. The number of halogens is 1. The molecule has 0 radical (unpaired) electrons. The van der Waals surface area contributed by atoms with E-state index < -0.39 is 10.2 Å². The van der Waals surface area contributed by atoms with Crippen molar-refractivity contribution < 1.29 is 8.42 Å². The van der Waals surface area contributed by atoms with Gasteiger partial charge in [0.25, 0.3) is 10.2 Å². The Morgan fingerprint density at radius 3 is 2.67 bits per heavy atom. The van der Waals surface area contributed by atoms with Crippen LogP contribution >= 0.6 is 15.9 Å². The van der Waals surface area contributed by atoms with E-state index in [-0.39, 0.29) is 0 Å². The van der Waals surface area contributed by atoms with Crippen molar-refractivity contribution in [3.63, 3.8) is 0 Å². The van der Waals surface area contributed by atoms with Crippen molar-refractivity contribution in [1.29, 1.82) is 0 Å². The predicted octanol–water partition coefficient (Wildman–Crippen LogP) is 1.30. The van der Waals surface area contributed by atoms with Crippen molar-refractivity contribution in [2.24, 2.45) is 0 Å². The molecule has 0 unspecified atom stereocenters. The number of hydrogen-bond acceptors (Lipinski definition) is 3. The van der Waals surface area contributed by atoms with Crippen LogP contribution in [0.15, 0.2) is 22.7 Å². The molecule has 7 heteroatoms. The first kappa shape index (κ1) is 12.3. The van der Waals surface area contributed by atoms with E-state index in [1.807, 2.05) is 0 Å². The fourth-order valence-electron chi connectivity index (χ4n) is 0.997. The van der Waals surface area contributed by atoms with Gasteiger partial charge < -0.3 is 5.73 Å². The van der Waals surface area contributed by atoms with E-state index in [0.29, 0.717) is 17.9 Å². The molecule has 0 amide bonds. The van der Waals surface area contributed by atoms with Crippen LogP contribution in [0.5, 0.6) is 0 Å². The van der Waals surface area contributed by atoms with Gasteiger partial charge in [0, 0.05) is 11.0 Å². The third kappa shape index (κ3) is 3.69. The number of rotatable bonds is 4. The fourth-order valence-corrected chi connectivity index (χ4v) is 2.30. The van der Waals surface area contributed by atoms with Gasteiger partial charge >= 0.3 is 0 Å². The molecule has 0 bridgehead atoms. The van der Waals surface area contributed by atoms with Gasteiger partial charge in [-0.15, -0.1) is 0 Å². The summed E-state index contributed by atoms with van der Waals surface area (Å²) in [5, 5.41) is 0. The standard InChI is InChI=1S/C8H12BrN3O2S/c1-2-11-15(13,14)12-8-4-3-6(9)5-7(8)10/h3-5,11-12H,2,10H2,1H3. The van der Waals surface area contributed by atoms with E-state index in [4.69, 9.17) is 5.73 Å². The van der Waals surface area contributed by atoms with E-state index >= 15 is 0 Å². The summed E-state index contributed by atoms with van der Waals surface area (Å²) in [4.78, 5) is 0. The van der Waals surface area contributed by atoms with Crippen LogP contribution in [0.2, 0.25) is 0 Å². The van der Waals surface area contributed by atoms with E-state index in [1.165, 1.54) is 0 Å². The molecular weight excluding hydrogens is 282 g/mol. The maximum absolute atomic E-state index is 11.3. The zero-order valence-electron chi connectivity index (χ0n) is 8.12. The highest BCUT2D eigenvalue weighted by atomic mass is 79.9. The molecule has 0 heterocycles. The maximum atomic E-state index is 11.3. The quantitative estimate of drug-likeness (QED) is 0.732. The summed E-state index contributed by atoms with van der Waals surface area (Å²) < 4.78 is 28.1. The summed E-state index contributed by atoms with van der Waals surface area (Å²) in [6.45, 7) is 2.02. The Hall–Kier alpha value is -0.790. The molecule has 0 aliphatic rings. The Labute approximate surface area is 97.4 Å². The summed E-state index contributed by atoms with van der Waals surface area (Å²) >= 11 is 3.23. The SMILES string of the molecule is CCNS(=O)(=O)Nc1ccc(Br)cc1N. The van der Waals surface area contributed by atoms with E-state index in [2.05, 4.69) is 25.4 Å². The van der Waals surface area contributed by atoms with Crippen molar-refractivity contribution in [2.75, 3.05) is 17.0 Å². The Bertz CT molecular complexity index is 447. The number of nitrogens with one attached hydrogen (secondary N) is 2. The zero-order valence-corrected chi connectivity index (χ0v) is 10.5. The van der Waals surface area contributed by atoms with Gasteiger partial charge in [-0.3, -0.25) is 4.72 Å². The van der Waals surface area contributed by atoms with Gasteiger partial charge in [-0.05, 0) is 18.2 Å². The Morgan fingerprint density at radius 1 is 1.47 bits per heavy atom. The summed E-state index contributed by atoms with van der Waals surface area (Å²) in [6.07, 6.45) is 0. The third-order valence-corrected chi connectivity index (χ3v) is 3.24. The van der Waals surface area contributed by atoms with Crippen LogP contribution in [0, 0.1) is 0 Å². The minimum absolute atomic E-state index is 0.325. The molecule has 1 aromatic rings. The highest BCUT2D eigenvalue weighted by molar-refractivity contribution is 9.10. The van der Waals surface area contributed by atoms with E-state index in [0.717, 1.165) is 4.47 Å². The molecule has 0 aromatic heterocycles. The molecule has 0 aliphatic heterocycles. The number of anilines is 2. The van der Waals surface area contributed by atoms with Crippen LogP contribution in [-0.4, -0.2) is 15.0 Å². The van der Waals surface area contributed by atoms with Gasteiger partial charge in [-0.1, -0.05) is 22.9 Å². The summed E-state index contributed by atoms with van der Waals surface area (Å²) in [7, 11) is -3.52. The second-order valence-corrected chi connectivity index (χ2v) is 5.25. The highest BCUT2D eigenvalue weighted by Crippen LogP contribution is 2.23. The lowest BCUT2D eigenvalue weighted by Gasteiger charge is -2.10. The van der Waals surface area contributed by atoms with Crippen LogP contribution in [-0.2, 0) is 10.2 Å². The van der Waals surface area contributed by atoms with E-state index in [9.17, 15) is 8.42 Å². The number of hydrogen-bond donors (Lipinski definition) is 3. The highest BCUT2D eigenvalue weighted by Gasteiger charge is 2.09. The monoisotopic (exact) mass is 293 g/mol. The molecule has 0 saturated carbocycles. The number of nitrogens with two attached hydrogens (primary N) is 1. The average molecular weight is 294 g/mol. The second kappa shape index (κ2) is 4.82. The number of nitrogen functional groups attached to an aromatic ring is 1. The lowest BCUT2D eigenvalue weighted by atomic mass is 10.3. The first-order valence-corrected chi connectivity index (χ1v) is 6.54. The minimum Gasteiger partial charge on any atom is -0.397 e. The van der Waals surface area contributed by atoms with Gasteiger partial charge in [0.2, 0.25) is 0 Å². The summed E-state index contributed by atoms with van der Waals surface area (Å²) in [6, 6.07) is 4.93. The van der Waals surface area contributed by atoms with Crippen LogP contribution < -0.4 is 15.2 Å². The summed E-state index contributed by atoms with van der Waals surface area (Å²) in [5.74, 6) is 0. The number of benzene rings is 1. The van der Waals surface area contributed by atoms with Crippen LogP contribution in [0.25, 0.3) is 0 Å². The molecule has 84 valence electrons. The van der Waals surface area contributed by atoms with Gasteiger partial charge in [0.05, 0.1) is 11.4 Å². The van der Waals surface area contributed by atoms with Crippen molar-refractivity contribution in [1.82, 2.24) is 4.72 Å². The zero-order chi connectivity index (χ0) is 11.5. The smallest absolute Gasteiger partial charge is 0.299 e. The molecular formula is C8H12BrN3O2S. The molecule has 5 nitrogen and oxygen atoms in total. The van der Waals surface area contributed by atoms with Crippen molar-refractivity contribution >= 4 is 37.5 Å². The molecule has 4 N–H and O–H groups in total. The molecule has 0 atom stereocenters. The molecule has 0 spiro atoms. The lowest BCUT2D eigenvalue weighted by Crippen LogP contribution is -2.30. The first-order valence-electron chi connectivity index (χ1n) is 4.27. The van der Waals surface area contributed by atoms with Crippen LogP contribution in [0.1, 0.15) is 6.92 Å². The van der Waals surface area contributed by atoms with Gasteiger partial charge in [-0.2, -0.15) is 13.1 Å². The van der Waals surface area contributed by atoms with Crippen LogP contribution in [0.4, 0.5) is 11.4 Å². The van der Waals surface area contributed by atoms with Gasteiger partial charge in [0.1, 0.15) is 0 Å². The van der Waals surface area contributed by atoms with Gasteiger partial charge in [-0.25, -0.2) is 0 Å². The minimum atomic E-state index is -3.52. The first-order chi connectivity index (χ1) is 6.94. The van der Waals surface area contributed by atoms with Crippen molar-refractivity contribution in [3.05, 3.63) is 22.7 Å². The molecule has 0 fully saturated rings. The summed E-state index contributed by atoms with van der Waals surface area (Å²) in [5.41, 5.74) is 6.37. The predicted molar refractivity (Wildman–Crippen MR) is 64.8 cm³/mol. The molecule has 1 rings (SSSR count). The lowest BCUT2D eigenvalue weighted by molar-refractivity contribution is 0.589. The third-order valence-electron chi connectivity index (χ3n) is 1.59. The fraction of sp³-hybridized carbons (Fsp3) is 0.250. The Kier molecular flexibility index (Phi) is 3.95. The molecule has 15 heavy (non-hydrogen) atoms. The maximum Gasteiger partial charge on any atom is 0.299 e. The topological polar surface area (TPSA) is 84.2 Å². The molecule has 1 aromatic carbocycles. The molecule has 0 saturated heterocycles.